The van der Waals surface area contributed by atoms with Crippen molar-refractivity contribution < 1.29 is 45.4 Å². The van der Waals surface area contributed by atoms with Crippen LogP contribution in [0.3, 0.4) is 0 Å². The fourth-order valence-electron chi connectivity index (χ4n) is 8.51. The van der Waals surface area contributed by atoms with E-state index in [9.17, 15) is 8.22 Å². The van der Waals surface area contributed by atoms with E-state index < -0.39 is 88.6 Å². The summed E-state index contributed by atoms with van der Waals surface area (Å²) >= 11 is 0. The van der Waals surface area contributed by atoms with E-state index in [0.29, 0.717) is 44.7 Å². The van der Waals surface area contributed by atoms with Crippen molar-refractivity contribution in [1.29, 1.82) is 0 Å². The second kappa shape index (κ2) is 19.3. The zero-order valence-electron chi connectivity index (χ0n) is 50.7. The van der Waals surface area contributed by atoms with Crippen LogP contribution in [-0.4, -0.2) is 15.0 Å². The van der Waals surface area contributed by atoms with Gasteiger partial charge in [-0.2, -0.15) is 0 Å². The average molecular weight is 1090 g/mol. The molecule has 10 aromatic rings. The molecule has 0 radical (unpaired) electrons. The summed E-state index contributed by atoms with van der Waals surface area (Å²) < 4.78 is 133. The van der Waals surface area contributed by atoms with Crippen molar-refractivity contribution in [1.82, 2.24) is 15.0 Å². The minimum absolute atomic E-state index is 0. The Morgan fingerprint density at radius 3 is 1.46 bits per heavy atom. The molecular formula is C63H53FIrN3O. The van der Waals surface area contributed by atoms with Crippen molar-refractivity contribution in [2.75, 3.05) is 0 Å². The van der Waals surface area contributed by atoms with Crippen molar-refractivity contribution in [2.45, 2.75) is 76.9 Å². The third-order valence-electron chi connectivity index (χ3n) is 12.2. The van der Waals surface area contributed by atoms with Crippen LogP contribution < -0.4 is 0 Å². The summed E-state index contributed by atoms with van der Waals surface area (Å²) in [5, 5.41) is 0.669. The van der Waals surface area contributed by atoms with Gasteiger partial charge < -0.3 is 19.4 Å². The molecule has 0 N–H and O–H groups in total. The monoisotopic (exact) mass is 1090 g/mol. The summed E-state index contributed by atoms with van der Waals surface area (Å²) in [5.41, 5.74) is 0.235. The molecule has 0 bridgehead atoms. The summed E-state index contributed by atoms with van der Waals surface area (Å²) in [6, 6.07) is 40.0. The second-order valence-electron chi connectivity index (χ2n) is 18.3. The summed E-state index contributed by atoms with van der Waals surface area (Å²) in [7, 11) is 0. The molecule has 0 spiro atoms. The van der Waals surface area contributed by atoms with Crippen LogP contribution in [0.25, 0.3) is 66.8 Å². The van der Waals surface area contributed by atoms with Crippen molar-refractivity contribution in [3.8, 4) is 44.9 Å². The Morgan fingerprint density at radius 2 is 1.01 bits per heavy atom. The van der Waals surface area contributed by atoms with E-state index >= 15 is 4.39 Å². The van der Waals surface area contributed by atoms with E-state index in [4.69, 9.17) is 17.6 Å². The fraction of sp³-hybridized carbons (Fsp3) is 0.190. The van der Waals surface area contributed by atoms with Crippen LogP contribution in [0.1, 0.15) is 91.4 Å². The van der Waals surface area contributed by atoms with Gasteiger partial charge in [0.05, 0.1) is 19.4 Å². The molecule has 0 fully saturated rings. The molecule has 0 aliphatic rings. The summed E-state index contributed by atoms with van der Waals surface area (Å²) in [5.74, 6) is -1.13. The number of rotatable bonds is 13. The number of pyridine rings is 3. The van der Waals surface area contributed by atoms with E-state index in [-0.39, 0.29) is 53.3 Å². The minimum atomic E-state index is -2.34. The Bertz CT molecular complexity index is 3870. The Balaban J connectivity index is 0.00000792. The summed E-state index contributed by atoms with van der Waals surface area (Å²) in [6.45, 7) is 10.4. The van der Waals surface area contributed by atoms with Gasteiger partial charge in [0.1, 0.15) is 11.4 Å². The Labute approximate surface area is 436 Å². The van der Waals surface area contributed by atoms with Crippen LogP contribution in [0.2, 0.25) is 0 Å². The smallest absolute Gasteiger partial charge is 0.500 e. The van der Waals surface area contributed by atoms with Gasteiger partial charge in [-0.3, -0.25) is 0 Å². The van der Waals surface area contributed by atoms with E-state index in [0.717, 1.165) is 11.1 Å². The average Bonchev–Trinajstić information content (AvgIpc) is 3.83. The van der Waals surface area contributed by atoms with Crippen molar-refractivity contribution in [3.63, 3.8) is 0 Å². The zero-order valence-corrected chi connectivity index (χ0v) is 41.1. The van der Waals surface area contributed by atoms with Gasteiger partial charge in [0.15, 0.2) is 0 Å². The van der Waals surface area contributed by atoms with E-state index in [1.54, 1.807) is 90.3 Å². The number of aromatic nitrogens is 3. The standard InChI is InChI=1S/C63H53FN3O.Ir/c1-61(2,48-25-30-55(65-39-48)45-17-10-7-11-18-45)36-42-33-43(37-62(3,4)49-26-31-56(66-40-49)46-19-12-8-13-20-46)35-44(34-42)38-63(5,6)50-27-32-57(67-41-50)53-24-16-23-51-52-28-29-54(64)58(60(52)68-59(51)53)47-21-14-9-15-22-47;/h7-17,19,21-23,25-35,39-41H,36-38H2,1-6H3;/q-3;+3/i9D,14D,15D,21D,22D,29D,36D2,37D2,38D2;. The van der Waals surface area contributed by atoms with Gasteiger partial charge in [0, 0.05) is 32.2 Å². The van der Waals surface area contributed by atoms with Gasteiger partial charge in [0.25, 0.3) is 0 Å². The Morgan fingerprint density at radius 1 is 0.536 bits per heavy atom. The summed E-state index contributed by atoms with van der Waals surface area (Å²) in [6.07, 6.45) is -2.08. The molecule has 0 saturated heterocycles. The molecular weight excluding hydrogens is 1030 g/mol. The number of nitrogens with zero attached hydrogens (tertiary/aromatic N) is 3. The van der Waals surface area contributed by atoms with Gasteiger partial charge in [-0.05, 0) is 103 Å². The third kappa shape index (κ3) is 9.88. The maximum absolute atomic E-state index is 16.1. The van der Waals surface area contributed by atoms with Crippen LogP contribution in [0.5, 0.6) is 0 Å². The number of benzene rings is 6. The molecule has 0 amide bonds. The molecule has 4 nitrogen and oxygen atoms in total. The minimum Gasteiger partial charge on any atom is -0.500 e. The molecule has 0 aliphatic heterocycles. The largest absolute Gasteiger partial charge is 3.00 e. The van der Waals surface area contributed by atoms with Crippen molar-refractivity contribution in [3.05, 3.63) is 234 Å². The molecule has 4 heterocycles. The van der Waals surface area contributed by atoms with Crippen LogP contribution in [-0.2, 0) is 55.5 Å². The molecule has 0 unspecified atom stereocenters. The first-order valence-electron chi connectivity index (χ1n) is 28.3. The van der Waals surface area contributed by atoms with Gasteiger partial charge in [-0.25, -0.2) is 4.39 Å². The van der Waals surface area contributed by atoms with Gasteiger partial charge in [-0.15, -0.1) is 90.0 Å². The summed E-state index contributed by atoms with van der Waals surface area (Å²) in [4.78, 5) is 14.2. The van der Waals surface area contributed by atoms with E-state index in [1.807, 2.05) is 60.7 Å². The molecule has 6 aromatic carbocycles. The normalized spacial score (nSPS) is 15.2. The maximum atomic E-state index is 16.1. The molecule has 10 rings (SSSR count). The number of fused-ring (bicyclic) bond motifs is 3. The van der Waals surface area contributed by atoms with Crippen molar-refractivity contribution in [2.24, 2.45) is 0 Å². The van der Waals surface area contributed by atoms with Crippen molar-refractivity contribution >= 4 is 21.9 Å². The molecule has 0 saturated carbocycles. The predicted molar refractivity (Wildman–Crippen MR) is 275 cm³/mol. The molecule has 342 valence electrons. The second-order valence-corrected chi connectivity index (χ2v) is 18.3. The predicted octanol–water partition coefficient (Wildman–Crippen LogP) is 15.5. The number of hydrogen-bond acceptors (Lipinski definition) is 4. The maximum Gasteiger partial charge on any atom is 3.00 e. The van der Waals surface area contributed by atoms with Crippen LogP contribution in [0, 0.1) is 24.0 Å². The van der Waals surface area contributed by atoms with E-state index in [2.05, 4.69) is 28.2 Å². The molecule has 4 aromatic heterocycles. The number of furan rings is 1. The zero-order chi connectivity index (χ0) is 57.6. The van der Waals surface area contributed by atoms with Gasteiger partial charge in [-0.1, -0.05) is 137 Å². The van der Waals surface area contributed by atoms with Crippen LogP contribution in [0.4, 0.5) is 4.39 Å². The SMILES string of the molecule is [2H]c1cc2c(oc3c(-c4ccc(C(C)(C)C([2H])([2H])c5cc(C([2H])([2H])C(C)(C)c6ccc(-c7[c-]cccc7)nc6)cc(C([2H])([2H])C(C)(C)c6ccc(-c7[c-]cccc7)nc6)c5)cn4)[c-]ccc32)c(-c2c([2H])c([2H])c([2H])c([2H])c2[2H])c1F.[Ir+3]. The first kappa shape index (κ1) is 34.4. The molecule has 69 heavy (non-hydrogen) atoms. The number of halogens is 1. The quantitative estimate of drug-likeness (QED) is 0.108. The van der Waals surface area contributed by atoms with Gasteiger partial charge >= 0.3 is 20.1 Å². The third-order valence-corrected chi connectivity index (χ3v) is 12.2. The molecule has 0 atom stereocenters. The number of hydrogen-bond donors (Lipinski definition) is 0. The van der Waals surface area contributed by atoms with E-state index in [1.165, 1.54) is 30.5 Å². The van der Waals surface area contributed by atoms with Crippen LogP contribution in [0.15, 0.2) is 181 Å². The first-order valence-corrected chi connectivity index (χ1v) is 22.3. The molecule has 6 heteroatoms. The van der Waals surface area contributed by atoms with Gasteiger partial charge in [0.2, 0.25) is 0 Å². The van der Waals surface area contributed by atoms with Crippen LogP contribution >= 0.6 is 0 Å². The Kier molecular flexibility index (Phi) is 9.62. The fourth-order valence-corrected chi connectivity index (χ4v) is 8.51. The Hall–Kier alpha value is -6.85. The molecule has 0 aliphatic carbocycles. The first-order chi connectivity index (χ1) is 37.6. The topological polar surface area (TPSA) is 51.8 Å².